The van der Waals surface area contributed by atoms with Crippen LogP contribution < -0.4 is 10.1 Å². The summed E-state index contributed by atoms with van der Waals surface area (Å²) in [5.41, 5.74) is 2.99. The number of halogens is 1. The van der Waals surface area contributed by atoms with E-state index in [0.717, 1.165) is 16.5 Å². The van der Waals surface area contributed by atoms with Gasteiger partial charge in [-0.1, -0.05) is 17.7 Å². The average molecular weight is 315 g/mol. The summed E-state index contributed by atoms with van der Waals surface area (Å²) < 4.78 is 5.22. The molecule has 0 fully saturated rings. The lowest BCUT2D eigenvalue weighted by atomic mass is 10.1. The maximum absolute atomic E-state index is 12.5. The number of anilines is 1. The molecule has 112 valence electrons. The molecule has 3 aromatic rings. The van der Waals surface area contributed by atoms with Gasteiger partial charge in [-0.05, 0) is 42.8 Å². The van der Waals surface area contributed by atoms with E-state index in [1.54, 1.807) is 19.4 Å². The van der Waals surface area contributed by atoms with Crippen molar-refractivity contribution in [2.24, 2.45) is 0 Å². The van der Waals surface area contributed by atoms with Crippen molar-refractivity contribution < 1.29 is 9.53 Å². The molecule has 0 radical (unpaired) electrons. The van der Waals surface area contributed by atoms with E-state index in [0.29, 0.717) is 22.0 Å². The standard InChI is InChI=1S/C17H15ClN2O2/c1-10-14(18)4-3-5-15(10)20-17(21)13-9-19-16-7-6-11(22-2)8-12(13)16/h3-9,19H,1-2H3,(H,20,21). The fourth-order valence-corrected chi connectivity index (χ4v) is 2.52. The van der Waals surface area contributed by atoms with E-state index in [-0.39, 0.29) is 5.91 Å². The number of methoxy groups -OCH3 is 1. The van der Waals surface area contributed by atoms with Crippen molar-refractivity contribution in [2.45, 2.75) is 6.92 Å². The van der Waals surface area contributed by atoms with Crippen LogP contribution in [0.1, 0.15) is 15.9 Å². The molecule has 1 heterocycles. The van der Waals surface area contributed by atoms with Crippen LogP contribution in [0.3, 0.4) is 0 Å². The molecule has 2 N–H and O–H groups in total. The number of aromatic nitrogens is 1. The average Bonchev–Trinajstić information content (AvgIpc) is 2.94. The van der Waals surface area contributed by atoms with Crippen molar-refractivity contribution in [3.63, 3.8) is 0 Å². The number of hydrogen-bond acceptors (Lipinski definition) is 2. The van der Waals surface area contributed by atoms with Crippen LogP contribution in [0.2, 0.25) is 5.02 Å². The van der Waals surface area contributed by atoms with Gasteiger partial charge in [0.1, 0.15) is 5.75 Å². The van der Waals surface area contributed by atoms with Crippen molar-refractivity contribution in [3.05, 3.63) is 58.7 Å². The lowest BCUT2D eigenvalue weighted by Gasteiger charge is -2.09. The van der Waals surface area contributed by atoms with Gasteiger partial charge < -0.3 is 15.0 Å². The fourth-order valence-electron chi connectivity index (χ4n) is 2.35. The fraction of sp³-hybridized carbons (Fsp3) is 0.118. The molecule has 0 atom stereocenters. The summed E-state index contributed by atoms with van der Waals surface area (Å²) in [6.07, 6.45) is 1.69. The van der Waals surface area contributed by atoms with Crippen LogP contribution >= 0.6 is 11.6 Å². The van der Waals surface area contributed by atoms with E-state index in [4.69, 9.17) is 16.3 Å². The third kappa shape index (κ3) is 2.53. The topological polar surface area (TPSA) is 54.1 Å². The van der Waals surface area contributed by atoms with Crippen LogP contribution in [0.5, 0.6) is 5.75 Å². The molecule has 0 saturated carbocycles. The molecule has 22 heavy (non-hydrogen) atoms. The zero-order valence-electron chi connectivity index (χ0n) is 12.2. The summed E-state index contributed by atoms with van der Waals surface area (Å²) in [6, 6.07) is 11.0. The first-order chi connectivity index (χ1) is 10.6. The minimum absolute atomic E-state index is 0.190. The second-order valence-electron chi connectivity index (χ2n) is 4.98. The van der Waals surface area contributed by atoms with Gasteiger partial charge in [0.05, 0.1) is 12.7 Å². The smallest absolute Gasteiger partial charge is 0.257 e. The van der Waals surface area contributed by atoms with Gasteiger partial charge in [-0.15, -0.1) is 0 Å². The van der Waals surface area contributed by atoms with Gasteiger partial charge in [0.15, 0.2) is 0 Å². The molecule has 1 aromatic heterocycles. The summed E-state index contributed by atoms with van der Waals surface area (Å²) in [6.45, 7) is 1.87. The highest BCUT2D eigenvalue weighted by molar-refractivity contribution is 6.31. The molecule has 0 aliphatic heterocycles. The zero-order chi connectivity index (χ0) is 15.7. The number of carbonyl (C=O) groups excluding carboxylic acids is 1. The van der Waals surface area contributed by atoms with E-state index in [9.17, 15) is 4.79 Å². The number of amides is 1. The first-order valence-corrected chi connectivity index (χ1v) is 7.19. The highest BCUT2D eigenvalue weighted by Crippen LogP contribution is 2.26. The normalized spacial score (nSPS) is 10.7. The Kier molecular flexibility index (Phi) is 3.77. The molecule has 2 aromatic carbocycles. The summed E-state index contributed by atoms with van der Waals surface area (Å²) in [4.78, 5) is 15.6. The number of fused-ring (bicyclic) bond motifs is 1. The second kappa shape index (κ2) is 5.73. The Balaban J connectivity index is 1.97. The molecule has 0 bridgehead atoms. The van der Waals surface area contributed by atoms with Gasteiger partial charge in [-0.3, -0.25) is 4.79 Å². The Morgan fingerprint density at radius 3 is 2.86 bits per heavy atom. The molecule has 0 unspecified atom stereocenters. The third-order valence-corrected chi connectivity index (χ3v) is 4.06. The number of hydrogen-bond donors (Lipinski definition) is 2. The molecule has 1 amide bonds. The highest BCUT2D eigenvalue weighted by Gasteiger charge is 2.14. The Bertz CT molecular complexity index is 855. The molecular weight excluding hydrogens is 300 g/mol. The minimum atomic E-state index is -0.190. The van der Waals surface area contributed by atoms with Crippen molar-refractivity contribution in [1.29, 1.82) is 0 Å². The van der Waals surface area contributed by atoms with E-state index < -0.39 is 0 Å². The lowest BCUT2D eigenvalue weighted by molar-refractivity contribution is 0.102. The van der Waals surface area contributed by atoms with Gasteiger partial charge >= 0.3 is 0 Å². The second-order valence-corrected chi connectivity index (χ2v) is 5.39. The van der Waals surface area contributed by atoms with E-state index in [1.807, 2.05) is 37.3 Å². The quantitative estimate of drug-likeness (QED) is 0.753. The first kappa shape index (κ1) is 14.5. The van der Waals surface area contributed by atoms with Crippen molar-refractivity contribution in [1.82, 2.24) is 4.98 Å². The van der Waals surface area contributed by atoms with Crippen LogP contribution in [0.4, 0.5) is 5.69 Å². The van der Waals surface area contributed by atoms with Crippen LogP contribution in [-0.4, -0.2) is 18.0 Å². The highest BCUT2D eigenvalue weighted by atomic mass is 35.5. The van der Waals surface area contributed by atoms with Gasteiger partial charge in [0.2, 0.25) is 0 Å². The molecule has 3 rings (SSSR count). The summed E-state index contributed by atoms with van der Waals surface area (Å²) in [7, 11) is 1.60. The van der Waals surface area contributed by atoms with Crippen molar-refractivity contribution in [2.75, 3.05) is 12.4 Å². The van der Waals surface area contributed by atoms with Crippen molar-refractivity contribution >= 4 is 34.1 Å². The number of nitrogens with one attached hydrogen (secondary N) is 2. The molecule has 0 saturated heterocycles. The largest absolute Gasteiger partial charge is 0.497 e. The monoisotopic (exact) mass is 314 g/mol. The van der Waals surface area contributed by atoms with Crippen LogP contribution in [0.25, 0.3) is 10.9 Å². The molecule has 0 spiro atoms. The number of carbonyl (C=O) groups is 1. The Hall–Kier alpha value is -2.46. The summed E-state index contributed by atoms with van der Waals surface area (Å²) >= 11 is 6.08. The predicted molar refractivity (Wildman–Crippen MR) is 89.0 cm³/mol. The number of aromatic amines is 1. The van der Waals surface area contributed by atoms with Crippen molar-refractivity contribution in [3.8, 4) is 5.75 Å². The van der Waals surface area contributed by atoms with Gasteiger partial charge in [-0.25, -0.2) is 0 Å². The Morgan fingerprint density at radius 2 is 2.09 bits per heavy atom. The zero-order valence-corrected chi connectivity index (χ0v) is 13.0. The number of H-pyrrole nitrogens is 1. The molecule has 4 nitrogen and oxygen atoms in total. The maximum atomic E-state index is 12.5. The molecule has 0 aliphatic carbocycles. The SMILES string of the molecule is COc1ccc2[nH]cc(C(=O)Nc3cccc(Cl)c3C)c2c1. The Morgan fingerprint density at radius 1 is 1.27 bits per heavy atom. The number of ether oxygens (including phenoxy) is 1. The lowest BCUT2D eigenvalue weighted by Crippen LogP contribution is -2.12. The van der Waals surface area contributed by atoms with Crippen LogP contribution in [0, 0.1) is 6.92 Å². The first-order valence-electron chi connectivity index (χ1n) is 6.81. The number of benzene rings is 2. The van der Waals surface area contributed by atoms with Gasteiger partial charge in [-0.2, -0.15) is 0 Å². The minimum Gasteiger partial charge on any atom is -0.497 e. The van der Waals surface area contributed by atoms with E-state index in [1.165, 1.54) is 0 Å². The summed E-state index contributed by atoms with van der Waals surface area (Å²) in [5.74, 6) is 0.518. The van der Waals surface area contributed by atoms with Gasteiger partial charge in [0, 0.05) is 27.8 Å². The third-order valence-electron chi connectivity index (χ3n) is 3.65. The summed E-state index contributed by atoms with van der Waals surface area (Å²) in [5, 5.41) is 4.34. The van der Waals surface area contributed by atoms with E-state index >= 15 is 0 Å². The van der Waals surface area contributed by atoms with E-state index in [2.05, 4.69) is 10.3 Å². The Labute approximate surface area is 133 Å². The predicted octanol–water partition coefficient (Wildman–Crippen LogP) is 4.39. The molecule has 5 heteroatoms. The maximum Gasteiger partial charge on any atom is 0.257 e. The van der Waals surface area contributed by atoms with Crippen LogP contribution in [-0.2, 0) is 0 Å². The number of rotatable bonds is 3. The van der Waals surface area contributed by atoms with Crippen LogP contribution in [0.15, 0.2) is 42.6 Å². The molecular formula is C17H15ClN2O2. The van der Waals surface area contributed by atoms with Gasteiger partial charge in [0.25, 0.3) is 5.91 Å². The molecule has 0 aliphatic rings.